The SMILES string of the molecule is CC(C)(CCl)NC(=O)c1cccs1. The Balaban J connectivity index is 2.61. The number of halogens is 1. The number of hydrogen-bond donors (Lipinski definition) is 1. The van der Waals surface area contributed by atoms with Gasteiger partial charge in [-0.25, -0.2) is 0 Å². The van der Waals surface area contributed by atoms with Crippen molar-refractivity contribution in [2.45, 2.75) is 19.4 Å². The molecule has 1 aromatic rings. The molecule has 0 unspecified atom stereocenters. The molecule has 1 N–H and O–H groups in total. The highest BCUT2D eigenvalue weighted by Gasteiger charge is 2.19. The van der Waals surface area contributed by atoms with E-state index in [4.69, 9.17) is 11.6 Å². The number of hydrogen-bond acceptors (Lipinski definition) is 2. The van der Waals surface area contributed by atoms with Gasteiger partial charge in [-0.3, -0.25) is 4.79 Å². The van der Waals surface area contributed by atoms with E-state index in [0.717, 1.165) is 4.88 Å². The van der Waals surface area contributed by atoms with Crippen molar-refractivity contribution in [2.24, 2.45) is 0 Å². The van der Waals surface area contributed by atoms with Gasteiger partial charge < -0.3 is 5.32 Å². The van der Waals surface area contributed by atoms with Gasteiger partial charge in [0.05, 0.1) is 4.88 Å². The maximum absolute atomic E-state index is 11.5. The van der Waals surface area contributed by atoms with Crippen LogP contribution in [0.4, 0.5) is 0 Å². The van der Waals surface area contributed by atoms with Crippen LogP contribution in [0.15, 0.2) is 17.5 Å². The average molecular weight is 218 g/mol. The maximum atomic E-state index is 11.5. The molecule has 0 aliphatic rings. The van der Waals surface area contributed by atoms with Gasteiger partial charge in [-0.2, -0.15) is 0 Å². The summed E-state index contributed by atoms with van der Waals surface area (Å²) in [4.78, 5) is 12.2. The van der Waals surface area contributed by atoms with Gasteiger partial charge in [0.1, 0.15) is 0 Å². The summed E-state index contributed by atoms with van der Waals surface area (Å²) in [6.07, 6.45) is 0. The number of alkyl halides is 1. The first-order chi connectivity index (χ1) is 6.05. The van der Waals surface area contributed by atoms with Gasteiger partial charge in [0.25, 0.3) is 5.91 Å². The molecule has 0 saturated carbocycles. The highest BCUT2D eigenvalue weighted by molar-refractivity contribution is 7.12. The molecule has 0 aliphatic carbocycles. The van der Waals surface area contributed by atoms with E-state index in [2.05, 4.69) is 5.32 Å². The summed E-state index contributed by atoms with van der Waals surface area (Å²) < 4.78 is 0. The van der Waals surface area contributed by atoms with E-state index in [9.17, 15) is 4.79 Å². The maximum Gasteiger partial charge on any atom is 0.261 e. The molecule has 1 aromatic heterocycles. The van der Waals surface area contributed by atoms with E-state index in [1.165, 1.54) is 11.3 Å². The van der Waals surface area contributed by atoms with Gasteiger partial charge in [0.2, 0.25) is 0 Å². The fraction of sp³-hybridized carbons (Fsp3) is 0.444. The zero-order chi connectivity index (χ0) is 9.90. The molecule has 0 aromatic carbocycles. The molecule has 2 nitrogen and oxygen atoms in total. The second-order valence-corrected chi connectivity index (χ2v) is 4.66. The van der Waals surface area contributed by atoms with Crippen LogP contribution in [-0.4, -0.2) is 17.3 Å². The number of nitrogens with one attached hydrogen (secondary N) is 1. The summed E-state index contributed by atoms with van der Waals surface area (Å²) in [5, 5.41) is 4.73. The van der Waals surface area contributed by atoms with E-state index < -0.39 is 0 Å². The van der Waals surface area contributed by atoms with Crippen molar-refractivity contribution >= 4 is 28.8 Å². The van der Waals surface area contributed by atoms with E-state index in [0.29, 0.717) is 5.88 Å². The second kappa shape index (κ2) is 4.11. The lowest BCUT2D eigenvalue weighted by Gasteiger charge is -2.22. The minimum Gasteiger partial charge on any atom is -0.345 e. The van der Waals surface area contributed by atoms with Crippen molar-refractivity contribution in [2.75, 3.05) is 5.88 Å². The smallest absolute Gasteiger partial charge is 0.261 e. The minimum atomic E-state index is -0.345. The first-order valence-corrected chi connectivity index (χ1v) is 5.38. The van der Waals surface area contributed by atoms with Crippen LogP contribution in [-0.2, 0) is 0 Å². The Labute approximate surface area is 86.9 Å². The number of carbonyl (C=O) groups is 1. The Morgan fingerprint density at radius 3 is 2.85 bits per heavy atom. The summed E-state index contributed by atoms with van der Waals surface area (Å²) in [5.41, 5.74) is -0.345. The molecule has 0 spiro atoms. The monoisotopic (exact) mass is 217 g/mol. The Hall–Kier alpha value is -0.540. The van der Waals surface area contributed by atoms with Crippen molar-refractivity contribution in [3.8, 4) is 0 Å². The fourth-order valence-electron chi connectivity index (χ4n) is 0.810. The van der Waals surface area contributed by atoms with Gasteiger partial charge in [0.15, 0.2) is 0 Å². The summed E-state index contributed by atoms with van der Waals surface area (Å²) in [6, 6.07) is 3.65. The molecule has 0 atom stereocenters. The van der Waals surface area contributed by atoms with Crippen molar-refractivity contribution in [3.05, 3.63) is 22.4 Å². The zero-order valence-corrected chi connectivity index (χ0v) is 9.21. The standard InChI is InChI=1S/C9H12ClNOS/c1-9(2,6-10)11-8(12)7-4-3-5-13-7/h3-5H,6H2,1-2H3,(H,11,12). The van der Waals surface area contributed by atoms with Gasteiger partial charge in [-0.15, -0.1) is 22.9 Å². The van der Waals surface area contributed by atoms with Crippen LogP contribution < -0.4 is 5.32 Å². The molecule has 0 bridgehead atoms. The Kier molecular flexibility index (Phi) is 3.33. The molecule has 0 fully saturated rings. The third-order valence-electron chi connectivity index (χ3n) is 1.53. The minimum absolute atomic E-state index is 0.0550. The first-order valence-electron chi connectivity index (χ1n) is 3.97. The molecule has 0 saturated heterocycles. The van der Waals surface area contributed by atoms with Crippen LogP contribution in [0.5, 0.6) is 0 Å². The number of thiophene rings is 1. The highest BCUT2D eigenvalue weighted by atomic mass is 35.5. The number of rotatable bonds is 3. The summed E-state index contributed by atoms with van der Waals surface area (Å²) in [7, 11) is 0. The van der Waals surface area contributed by atoms with Crippen LogP contribution in [0.2, 0.25) is 0 Å². The quantitative estimate of drug-likeness (QED) is 0.775. The Morgan fingerprint density at radius 2 is 2.38 bits per heavy atom. The lowest BCUT2D eigenvalue weighted by molar-refractivity contribution is 0.0924. The highest BCUT2D eigenvalue weighted by Crippen LogP contribution is 2.11. The summed E-state index contributed by atoms with van der Waals surface area (Å²) >= 11 is 7.11. The third-order valence-corrected chi connectivity index (χ3v) is 3.07. The van der Waals surface area contributed by atoms with Crippen molar-refractivity contribution in [1.29, 1.82) is 0 Å². The summed E-state index contributed by atoms with van der Waals surface area (Å²) in [6.45, 7) is 3.79. The Morgan fingerprint density at radius 1 is 1.69 bits per heavy atom. The molecular formula is C9H12ClNOS. The van der Waals surface area contributed by atoms with E-state index in [1.807, 2.05) is 25.3 Å². The zero-order valence-electron chi connectivity index (χ0n) is 7.63. The van der Waals surface area contributed by atoms with Gasteiger partial charge in [-0.1, -0.05) is 6.07 Å². The molecular weight excluding hydrogens is 206 g/mol. The molecule has 4 heteroatoms. The van der Waals surface area contributed by atoms with Gasteiger partial charge in [0, 0.05) is 11.4 Å². The largest absolute Gasteiger partial charge is 0.345 e. The van der Waals surface area contributed by atoms with Crippen LogP contribution in [0.3, 0.4) is 0 Å². The molecule has 13 heavy (non-hydrogen) atoms. The van der Waals surface area contributed by atoms with Crippen LogP contribution in [0.25, 0.3) is 0 Å². The average Bonchev–Trinajstić information content (AvgIpc) is 2.55. The molecule has 72 valence electrons. The second-order valence-electron chi connectivity index (χ2n) is 3.45. The fourth-order valence-corrected chi connectivity index (χ4v) is 1.50. The van der Waals surface area contributed by atoms with E-state index in [-0.39, 0.29) is 11.4 Å². The lowest BCUT2D eigenvalue weighted by Crippen LogP contribution is -2.44. The molecule has 1 heterocycles. The third kappa shape index (κ3) is 3.01. The van der Waals surface area contributed by atoms with Gasteiger partial charge >= 0.3 is 0 Å². The van der Waals surface area contributed by atoms with E-state index >= 15 is 0 Å². The Bertz CT molecular complexity index is 282. The van der Waals surface area contributed by atoms with Crippen molar-refractivity contribution in [1.82, 2.24) is 5.32 Å². The molecule has 1 rings (SSSR count). The molecule has 0 radical (unpaired) electrons. The predicted octanol–water partition coefficient (Wildman–Crippen LogP) is 2.50. The van der Waals surface area contributed by atoms with Crippen molar-refractivity contribution < 1.29 is 4.79 Å². The number of carbonyl (C=O) groups excluding carboxylic acids is 1. The topological polar surface area (TPSA) is 29.1 Å². The molecule has 1 amide bonds. The number of amides is 1. The predicted molar refractivity (Wildman–Crippen MR) is 56.6 cm³/mol. The first kappa shape index (κ1) is 10.5. The van der Waals surface area contributed by atoms with Crippen LogP contribution in [0, 0.1) is 0 Å². The van der Waals surface area contributed by atoms with Gasteiger partial charge in [-0.05, 0) is 25.3 Å². The van der Waals surface area contributed by atoms with Crippen LogP contribution >= 0.6 is 22.9 Å². The van der Waals surface area contributed by atoms with Crippen molar-refractivity contribution in [3.63, 3.8) is 0 Å². The summed E-state index contributed by atoms with van der Waals surface area (Å²) in [5.74, 6) is 0.352. The normalized spacial score (nSPS) is 11.3. The molecule has 0 aliphatic heterocycles. The van der Waals surface area contributed by atoms with E-state index in [1.54, 1.807) is 6.07 Å². The lowest BCUT2D eigenvalue weighted by atomic mass is 10.1. The van der Waals surface area contributed by atoms with Crippen LogP contribution in [0.1, 0.15) is 23.5 Å².